The molecule has 26 heavy (non-hydrogen) atoms. The molecule has 2 heterocycles. The van der Waals surface area contributed by atoms with Crippen molar-refractivity contribution in [3.8, 4) is 0 Å². The van der Waals surface area contributed by atoms with E-state index < -0.39 is 16.6 Å². The molecule has 4 unspecified atom stereocenters. The molecule has 0 bridgehead atoms. The Labute approximate surface area is 159 Å². The molecule has 1 aromatic rings. The van der Waals surface area contributed by atoms with Crippen molar-refractivity contribution >= 4 is 27.0 Å². The Kier molecular flexibility index (Phi) is 6.75. The van der Waals surface area contributed by atoms with Gasteiger partial charge in [0.1, 0.15) is 0 Å². The van der Waals surface area contributed by atoms with Crippen LogP contribution in [0.1, 0.15) is 38.5 Å². The summed E-state index contributed by atoms with van der Waals surface area (Å²) in [4.78, 5) is 21.9. The molecule has 0 aromatic heterocycles. The summed E-state index contributed by atoms with van der Waals surface area (Å²) in [6.45, 7) is 5.91. The third-order valence-electron chi connectivity index (χ3n) is 5.81. The van der Waals surface area contributed by atoms with Gasteiger partial charge >= 0.3 is 0 Å². The minimum absolute atomic E-state index is 0.491. The molecule has 146 valence electrons. The topological polar surface area (TPSA) is 65.5 Å². The van der Waals surface area contributed by atoms with Crippen molar-refractivity contribution in [2.45, 2.75) is 75.9 Å². The Morgan fingerprint density at radius 3 is 1.42 bits per heavy atom. The maximum Gasteiger partial charge on any atom is 0.216 e. The molecule has 4 nitrogen and oxygen atoms in total. The van der Waals surface area contributed by atoms with Gasteiger partial charge in [-0.05, 0) is 48.4 Å². The lowest BCUT2D eigenvalue weighted by molar-refractivity contribution is 0.390. The van der Waals surface area contributed by atoms with Gasteiger partial charge in [-0.25, -0.2) is 0 Å². The van der Waals surface area contributed by atoms with Crippen LogP contribution < -0.4 is 10.4 Å². The molecular formula is C20H34O4Si2. The fourth-order valence-corrected chi connectivity index (χ4v) is 7.85. The second-order valence-electron chi connectivity index (χ2n) is 8.53. The fraction of sp³-hybridized carbons (Fsp3) is 0.700. The molecule has 0 spiro atoms. The largest absolute Gasteiger partial charge is 0.428 e. The zero-order chi connectivity index (χ0) is 18.6. The molecule has 1 aromatic carbocycles. The van der Waals surface area contributed by atoms with Crippen molar-refractivity contribution in [1.82, 2.24) is 0 Å². The van der Waals surface area contributed by atoms with E-state index >= 15 is 0 Å². The Balaban J connectivity index is 1.46. The molecule has 2 aliphatic heterocycles. The van der Waals surface area contributed by atoms with Gasteiger partial charge in [-0.1, -0.05) is 49.9 Å². The van der Waals surface area contributed by atoms with Crippen LogP contribution in [0.15, 0.2) is 24.3 Å². The molecule has 2 N–H and O–H groups in total. The molecule has 2 aliphatic rings. The smallest absolute Gasteiger partial charge is 0.216 e. The van der Waals surface area contributed by atoms with E-state index in [-0.39, 0.29) is 0 Å². The number of unbranched alkanes of at least 4 members (excludes halogenated alkanes) is 2. The molecular weight excluding hydrogens is 360 g/mol. The van der Waals surface area contributed by atoms with Gasteiger partial charge in [0.25, 0.3) is 0 Å². The summed E-state index contributed by atoms with van der Waals surface area (Å²) in [6.07, 6.45) is 7.65. The summed E-state index contributed by atoms with van der Waals surface area (Å²) in [7, 11) is -4.74. The van der Waals surface area contributed by atoms with Crippen molar-refractivity contribution in [2.24, 2.45) is 0 Å². The van der Waals surface area contributed by atoms with E-state index in [4.69, 9.17) is 9.47 Å². The minimum Gasteiger partial charge on any atom is -0.428 e. The Bertz CT molecular complexity index is 515. The summed E-state index contributed by atoms with van der Waals surface area (Å²) < 4.78 is 10.5. The third-order valence-corrected chi connectivity index (χ3v) is 11.6. The maximum absolute atomic E-state index is 10.9. The molecule has 6 heteroatoms. The molecule has 0 saturated carbocycles. The first-order chi connectivity index (χ1) is 12.4. The zero-order valence-electron chi connectivity index (χ0n) is 16.2. The number of rotatable bonds is 12. The second-order valence-corrected chi connectivity index (χ2v) is 15.8. The van der Waals surface area contributed by atoms with Crippen LogP contribution in [0, 0.1) is 0 Å². The van der Waals surface area contributed by atoms with Crippen LogP contribution in [-0.2, 0) is 9.47 Å². The fourth-order valence-electron chi connectivity index (χ4n) is 3.63. The predicted octanol–water partition coefficient (Wildman–Crippen LogP) is 2.37. The average molecular weight is 395 g/mol. The van der Waals surface area contributed by atoms with E-state index in [9.17, 15) is 9.59 Å². The number of epoxide rings is 2. The Hall–Kier alpha value is -0.506. The van der Waals surface area contributed by atoms with Crippen LogP contribution in [0.5, 0.6) is 0 Å². The Morgan fingerprint density at radius 1 is 0.769 bits per heavy atom. The highest BCUT2D eigenvalue weighted by Crippen LogP contribution is 2.21. The van der Waals surface area contributed by atoms with E-state index in [2.05, 4.69) is 24.3 Å². The highest BCUT2D eigenvalue weighted by molar-refractivity contribution is 6.85. The standard InChI is InChI=1S/C20H34O4Si2/c1-25(21,13-5-3-7-17-15-23-17)19-9-11-20(12-10-19)26(2,22)14-6-4-8-18-16-24-18/h9-12,17-18,21-22H,3-8,13-16H2,1-2H3. The van der Waals surface area contributed by atoms with Crippen LogP contribution in [0.2, 0.25) is 25.2 Å². The quantitative estimate of drug-likeness (QED) is 0.324. The summed E-state index contributed by atoms with van der Waals surface area (Å²) >= 11 is 0. The van der Waals surface area contributed by atoms with Gasteiger partial charge in [-0.15, -0.1) is 0 Å². The predicted molar refractivity (Wildman–Crippen MR) is 110 cm³/mol. The lowest BCUT2D eigenvalue weighted by Gasteiger charge is -2.24. The molecule has 4 atom stereocenters. The lowest BCUT2D eigenvalue weighted by Crippen LogP contribution is -2.48. The SMILES string of the molecule is C[Si](O)(CCCCC1CO1)c1ccc([Si](C)(O)CCCCC2CO2)cc1. The van der Waals surface area contributed by atoms with E-state index in [0.717, 1.165) is 74.2 Å². The first-order valence-electron chi connectivity index (χ1n) is 10.2. The van der Waals surface area contributed by atoms with E-state index in [1.807, 2.05) is 13.1 Å². The van der Waals surface area contributed by atoms with Gasteiger partial charge in [0.15, 0.2) is 0 Å². The van der Waals surface area contributed by atoms with Gasteiger partial charge in [0, 0.05) is 0 Å². The van der Waals surface area contributed by atoms with Gasteiger partial charge in [-0.2, -0.15) is 0 Å². The van der Waals surface area contributed by atoms with Crippen molar-refractivity contribution in [1.29, 1.82) is 0 Å². The first-order valence-corrected chi connectivity index (χ1v) is 15.5. The van der Waals surface area contributed by atoms with Crippen LogP contribution >= 0.6 is 0 Å². The summed E-state index contributed by atoms with van der Waals surface area (Å²) in [5.41, 5.74) is 0. The van der Waals surface area contributed by atoms with Gasteiger partial charge in [0.2, 0.25) is 16.6 Å². The van der Waals surface area contributed by atoms with Crippen molar-refractivity contribution < 1.29 is 19.1 Å². The van der Waals surface area contributed by atoms with E-state index in [1.165, 1.54) is 0 Å². The first kappa shape index (κ1) is 20.2. The zero-order valence-corrected chi connectivity index (χ0v) is 18.2. The summed E-state index contributed by atoms with van der Waals surface area (Å²) in [6, 6.07) is 10.0. The minimum atomic E-state index is -2.37. The second kappa shape index (κ2) is 8.67. The lowest BCUT2D eigenvalue weighted by atomic mass is 10.2. The van der Waals surface area contributed by atoms with E-state index in [0.29, 0.717) is 12.2 Å². The number of hydrogen-bond donors (Lipinski definition) is 2. The highest BCUT2D eigenvalue weighted by Gasteiger charge is 2.31. The monoisotopic (exact) mass is 394 g/mol. The van der Waals surface area contributed by atoms with Crippen LogP contribution in [-0.4, -0.2) is 51.6 Å². The van der Waals surface area contributed by atoms with Gasteiger partial charge < -0.3 is 19.1 Å². The molecule has 0 aliphatic carbocycles. The molecule has 2 saturated heterocycles. The third kappa shape index (κ3) is 6.28. The molecule has 2 fully saturated rings. The van der Waals surface area contributed by atoms with Crippen LogP contribution in [0.25, 0.3) is 0 Å². The van der Waals surface area contributed by atoms with Crippen molar-refractivity contribution in [3.63, 3.8) is 0 Å². The summed E-state index contributed by atoms with van der Waals surface area (Å²) in [5.74, 6) is 0. The van der Waals surface area contributed by atoms with Crippen LogP contribution in [0.4, 0.5) is 0 Å². The van der Waals surface area contributed by atoms with E-state index in [1.54, 1.807) is 0 Å². The maximum atomic E-state index is 10.9. The van der Waals surface area contributed by atoms with Crippen molar-refractivity contribution in [3.05, 3.63) is 24.3 Å². The molecule has 0 amide bonds. The van der Waals surface area contributed by atoms with Gasteiger partial charge in [0.05, 0.1) is 25.4 Å². The normalized spacial score (nSPS) is 26.2. The Morgan fingerprint density at radius 2 is 1.12 bits per heavy atom. The number of ether oxygens (including phenoxy) is 2. The van der Waals surface area contributed by atoms with Gasteiger partial charge in [-0.3, -0.25) is 0 Å². The molecule has 3 rings (SSSR count). The number of hydrogen-bond acceptors (Lipinski definition) is 4. The van der Waals surface area contributed by atoms with Crippen molar-refractivity contribution in [2.75, 3.05) is 13.2 Å². The average Bonchev–Trinajstić information content (AvgIpc) is 3.51. The summed E-state index contributed by atoms with van der Waals surface area (Å²) in [5, 5.41) is 2.17. The van der Waals surface area contributed by atoms with Crippen LogP contribution in [0.3, 0.4) is 0 Å². The molecule has 0 radical (unpaired) electrons. The number of benzene rings is 1. The highest BCUT2D eigenvalue weighted by atomic mass is 28.4.